The van der Waals surface area contributed by atoms with Crippen LogP contribution in [-0.2, 0) is 9.53 Å². The van der Waals surface area contributed by atoms with Crippen molar-refractivity contribution in [2.24, 2.45) is 0 Å². The molecule has 0 radical (unpaired) electrons. The molecule has 1 fully saturated rings. The average Bonchev–Trinajstić information content (AvgIpc) is 1.88. The molecule has 0 aromatic rings. The summed E-state index contributed by atoms with van der Waals surface area (Å²) in [4.78, 5) is 10.6. The highest BCUT2D eigenvalue weighted by Gasteiger charge is 2.15. The smallest absolute Gasteiger partial charge is 0.246 e. The largest absolute Gasteiger partial charge is 0.370 e. The van der Waals surface area contributed by atoms with E-state index in [9.17, 15) is 4.79 Å². The molecule has 0 saturated carbocycles. The van der Waals surface area contributed by atoms with E-state index in [1.54, 1.807) is 0 Å². The number of hydrogen-bond acceptors (Lipinski definition) is 2. The standard InChI is InChI=1S/C6H11NO2/c1-2-5-3-9-4-6(8)7-5/h5H,2-4H2,1H3,(H,7,8). The van der Waals surface area contributed by atoms with E-state index in [0.717, 1.165) is 6.42 Å². The Bertz CT molecular complexity index is 114. The van der Waals surface area contributed by atoms with Crippen molar-refractivity contribution in [1.82, 2.24) is 5.32 Å². The van der Waals surface area contributed by atoms with Crippen LogP contribution in [0, 0.1) is 0 Å². The van der Waals surface area contributed by atoms with E-state index in [1.807, 2.05) is 6.92 Å². The predicted molar refractivity (Wildman–Crippen MR) is 33.0 cm³/mol. The average molecular weight is 129 g/mol. The number of ether oxygens (including phenoxy) is 1. The van der Waals surface area contributed by atoms with Crippen LogP contribution in [0.4, 0.5) is 0 Å². The van der Waals surface area contributed by atoms with Crippen molar-refractivity contribution in [3.05, 3.63) is 0 Å². The highest BCUT2D eigenvalue weighted by Crippen LogP contribution is 1.96. The minimum Gasteiger partial charge on any atom is -0.370 e. The first-order chi connectivity index (χ1) is 4.33. The summed E-state index contributed by atoms with van der Waals surface area (Å²) in [5.41, 5.74) is 0. The molecule has 1 rings (SSSR count). The molecule has 1 N–H and O–H groups in total. The van der Waals surface area contributed by atoms with Crippen molar-refractivity contribution >= 4 is 5.91 Å². The number of hydrogen-bond donors (Lipinski definition) is 1. The lowest BCUT2D eigenvalue weighted by Gasteiger charge is -2.21. The Morgan fingerprint density at radius 1 is 1.89 bits per heavy atom. The molecule has 0 bridgehead atoms. The Morgan fingerprint density at radius 3 is 3.11 bits per heavy atom. The van der Waals surface area contributed by atoms with Crippen LogP contribution < -0.4 is 5.32 Å². The second kappa shape index (κ2) is 2.82. The van der Waals surface area contributed by atoms with Gasteiger partial charge in [0.05, 0.1) is 12.6 Å². The fourth-order valence-electron chi connectivity index (χ4n) is 0.825. The van der Waals surface area contributed by atoms with Crippen molar-refractivity contribution < 1.29 is 9.53 Å². The highest BCUT2D eigenvalue weighted by atomic mass is 16.5. The number of rotatable bonds is 1. The second-order valence-electron chi connectivity index (χ2n) is 2.19. The van der Waals surface area contributed by atoms with Gasteiger partial charge in [0.1, 0.15) is 6.61 Å². The third-order valence-electron chi connectivity index (χ3n) is 1.41. The van der Waals surface area contributed by atoms with Crippen molar-refractivity contribution in [1.29, 1.82) is 0 Å². The van der Waals surface area contributed by atoms with E-state index in [0.29, 0.717) is 6.61 Å². The van der Waals surface area contributed by atoms with E-state index in [1.165, 1.54) is 0 Å². The van der Waals surface area contributed by atoms with E-state index in [-0.39, 0.29) is 18.6 Å². The Morgan fingerprint density at radius 2 is 2.67 bits per heavy atom. The zero-order valence-electron chi connectivity index (χ0n) is 5.52. The van der Waals surface area contributed by atoms with Gasteiger partial charge in [-0.1, -0.05) is 6.92 Å². The normalized spacial score (nSPS) is 27.7. The molecule has 1 unspecified atom stereocenters. The zero-order valence-corrected chi connectivity index (χ0v) is 5.52. The fraction of sp³-hybridized carbons (Fsp3) is 0.833. The van der Waals surface area contributed by atoms with Gasteiger partial charge >= 0.3 is 0 Å². The maximum absolute atomic E-state index is 10.6. The molecule has 52 valence electrons. The predicted octanol–water partition coefficient (Wildman–Crippen LogP) is -0.0886. The van der Waals surface area contributed by atoms with Gasteiger partial charge in [0.15, 0.2) is 0 Å². The van der Waals surface area contributed by atoms with Crippen LogP contribution in [0.5, 0.6) is 0 Å². The monoisotopic (exact) mass is 129 g/mol. The molecular weight excluding hydrogens is 118 g/mol. The zero-order chi connectivity index (χ0) is 6.69. The molecule has 3 nitrogen and oxygen atoms in total. The van der Waals surface area contributed by atoms with Crippen LogP contribution in [-0.4, -0.2) is 25.2 Å². The Balaban J connectivity index is 2.32. The third-order valence-corrected chi connectivity index (χ3v) is 1.41. The summed E-state index contributed by atoms with van der Waals surface area (Å²) in [5, 5.41) is 2.80. The molecule has 1 heterocycles. The van der Waals surface area contributed by atoms with Crippen molar-refractivity contribution in [2.45, 2.75) is 19.4 Å². The number of carbonyl (C=O) groups excluding carboxylic acids is 1. The van der Waals surface area contributed by atoms with Crippen LogP contribution >= 0.6 is 0 Å². The Kier molecular flexibility index (Phi) is 2.05. The third kappa shape index (κ3) is 1.68. The molecule has 1 aliphatic heterocycles. The highest BCUT2D eigenvalue weighted by molar-refractivity contribution is 5.78. The molecule has 1 saturated heterocycles. The lowest BCUT2D eigenvalue weighted by Crippen LogP contribution is -2.45. The minimum absolute atomic E-state index is 0.00750. The van der Waals surface area contributed by atoms with Crippen molar-refractivity contribution in [2.75, 3.05) is 13.2 Å². The van der Waals surface area contributed by atoms with Crippen molar-refractivity contribution in [3.63, 3.8) is 0 Å². The Labute approximate surface area is 54.4 Å². The molecule has 0 aromatic carbocycles. The number of amides is 1. The molecule has 3 heteroatoms. The molecule has 9 heavy (non-hydrogen) atoms. The Hall–Kier alpha value is -0.570. The van der Waals surface area contributed by atoms with Crippen molar-refractivity contribution in [3.8, 4) is 0 Å². The lowest BCUT2D eigenvalue weighted by molar-refractivity contribution is -0.131. The minimum atomic E-state index is 0.00750. The quantitative estimate of drug-likeness (QED) is 0.537. The summed E-state index contributed by atoms with van der Waals surface area (Å²) < 4.78 is 4.97. The number of morpholine rings is 1. The van der Waals surface area contributed by atoms with Gasteiger partial charge in [-0.2, -0.15) is 0 Å². The maximum Gasteiger partial charge on any atom is 0.246 e. The molecule has 1 atom stereocenters. The van der Waals surface area contributed by atoms with Crippen LogP contribution in [0.1, 0.15) is 13.3 Å². The van der Waals surface area contributed by atoms with Crippen LogP contribution in [0.15, 0.2) is 0 Å². The number of carbonyl (C=O) groups is 1. The topological polar surface area (TPSA) is 38.3 Å². The summed E-state index contributed by atoms with van der Waals surface area (Å²) >= 11 is 0. The molecule has 0 spiro atoms. The van der Waals surface area contributed by atoms with E-state index in [4.69, 9.17) is 4.74 Å². The molecular formula is C6H11NO2. The lowest BCUT2D eigenvalue weighted by atomic mass is 10.2. The summed E-state index contributed by atoms with van der Waals surface area (Å²) in [6, 6.07) is 0.242. The SMILES string of the molecule is CCC1COCC(=O)N1. The first kappa shape index (κ1) is 6.55. The molecule has 1 aliphatic rings. The van der Waals surface area contributed by atoms with Crippen LogP contribution in [0.3, 0.4) is 0 Å². The van der Waals surface area contributed by atoms with Crippen LogP contribution in [0.25, 0.3) is 0 Å². The first-order valence-electron chi connectivity index (χ1n) is 3.20. The fourth-order valence-corrected chi connectivity index (χ4v) is 0.825. The first-order valence-corrected chi connectivity index (χ1v) is 3.20. The van der Waals surface area contributed by atoms with E-state index in [2.05, 4.69) is 5.32 Å². The van der Waals surface area contributed by atoms with Gasteiger partial charge < -0.3 is 10.1 Å². The summed E-state index contributed by atoms with van der Waals surface area (Å²) in [5.74, 6) is 0.00750. The molecule has 0 aliphatic carbocycles. The maximum atomic E-state index is 10.6. The summed E-state index contributed by atoms with van der Waals surface area (Å²) in [6.07, 6.45) is 0.950. The van der Waals surface area contributed by atoms with Crippen LogP contribution in [0.2, 0.25) is 0 Å². The molecule has 0 aromatic heterocycles. The van der Waals surface area contributed by atoms with Gasteiger partial charge in [-0.05, 0) is 6.42 Å². The number of nitrogens with one attached hydrogen (secondary N) is 1. The molecule has 1 amide bonds. The second-order valence-corrected chi connectivity index (χ2v) is 2.19. The van der Waals surface area contributed by atoms with Gasteiger partial charge in [0.2, 0.25) is 5.91 Å². The van der Waals surface area contributed by atoms with Gasteiger partial charge in [-0.3, -0.25) is 4.79 Å². The van der Waals surface area contributed by atoms with E-state index < -0.39 is 0 Å². The van der Waals surface area contributed by atoms with E-state index >= 15 is 0 Å². The summed E-state index contributed by atoms with van der Waals surface area (Å²) in [6.45, 7) is 2.93. The van der Waals surface area contributed by atoms with Gasteiger partial charge in [0.25, 0.3) is 0 Å². The summed E-state index contributed by atoms with van der Waals surface area (Å²) in [7, 11) is 0. The van der Waals surface area contributed by atoms with Gasteiger partial charge in [0, 0.05) is 0 Å². The van der Waals surface area contributed by atoms with Gasteiger partial charge in [-0.25, -0.2) is 0 Å². The van der Waals surface area contributed by atoms with Gasteiger partial charge in [-0.15, -0.1) is 0 Å².